The monoisotopic (exact) mass is 1250 g/mol. The van der Waals surface area contributed by atoms with Crippen LogP contribution in [0.25, 0.3) is 22.6 Å². The molecule has 26 nitrogen and oxygen atoms in total. The Morgan fingerprint density at radius 3 is 1.42 bits per heavy atom. The van der Waals surface area contributed by atoms with Crippen LogP contribution in [0.1, 0.15) is 140 Å². The number of benzene rings is 2. The van der Waals surface area contributed by atoms with Gasteiger partial charge in [0.15, 0.2) is 22.9 Å². The highest BCUT2D eigenvalue weighted by molar-refractivity contribution is 6.10. The van der Waals surface area contributed by atoms with Crippen molar-refractivity contribution in [3.63, 3.8) is 0 Å². The number of anilines is 1. The Kier molecular flexibility index (Phi) is 21.4. The molecule has 0 spiro atoms. The first-order valence-corrected chi connectivity index (χ1v) is 31.0. The molecule has 0 aromatic heterocycles. The third-order valence-corrected chi connectivity index (χ3v) is 18.4. The molecule has 6 aliphatic rings. The number of rotatable bonds is 8. The van der Waals surface area contributed by atoms with Gasteiger partial charge in [0.2, 0.25) is 40.9 Å². The predicted octanol–water partition coefficient (Wildman–Crippen LogP) is 2.71. The molecule has 2 saturated carbocycles. The van der Waals surface area contributed by atoms with Crippen LogP contribution in [0.4, 0.5) is 5.69 Å². The lowest BCUT2D eigenvalue weighted by molar-refractivity contribution is -0.163. The molecule has 1 aromatic rings. The molecule has 90 heavy (non-hydrogen) atoms. The van der Waals surface area contributed by atoms with E-state index in [0.717, 1.165) is 9.80 Å². The molecule has 8 amide bonds. The van der Waals surface area contributed by atoms with Crippen molar-refractivity contribution in [3.8, 4) is 11.5 Å². The Morgan fingerprint density at radius 2 is 1.01 bits per heavy atom. The molecule has 12 atom stereocenters. The number of aryl methyl sites for hydroxylation is 1. The van der Waals surface area contributed by atoms with Gasteiger partial charge in [-0.2, -0.15) is 0 Å². The molecule has 7 rings (SSSR count). The predicted molar refractivity (Wildman–Crippen MR) is 328 cm³/mol. The van der Waals surface area contributed by atoms with Crippen molar-refractivity contribution in [2.75, 3.05) is 47.0 Å². The molecular weight excluding hydrogens is 1160 g/mol. The molecule has 1 aromatic carbocycles. The Balaban J connectivity index is 1.32. The van der Waals surface area contributed by atoms with E-state index in [1.165, 1.54) is 70.9 Å². The largest absolute Gasteiger partial charge is 0.458 e. The van der Waals surface area contributed by atoms with Crippen LogP contribution < -0.4 is 32.4 Å². The minimum atomic E-state index is -1.86. The number of carbonyl (C=O) groups excluding carboxylic acids is 12. The average Bonchev–Trinajstić information content (AvgIpc) is 0.893. The molecule has 3 aliphatic heterocycles. The van der Waals surface area contributed by atoms with Crippen molar-refractivity contribution in [2.45, 2.75) is 170 Å². The van der Waals surface area contributed by atoms with Crippen LogP contribution in [0, 0.1) is 61.2 Å². The van der Waals surface area contributed by atoms with Gasteiger partial charge in [-0.15, -0.1) is 0 Å². The summed E-state index contributed by atoms with van der Waals surface area (Å²) in [6, 6.07) is -5.71. The van der Waals surface area contributed by atoms with E-state index in [1.54, 1.807) is 62.3 Å². The number of Topliss-reactive ketones (excluding diaryl/α,β-unsaturated/α-hetero) is 2. The second kappa shape index (κ2) is 27.8. The molecule has 3 aliphatic carbocycles. The van der Waals surface area contributed by atoms with Crippen molar-refractivity contribution >= 4 is 87.5 Å². The lowest BCUT2D eigenvalue weighted by Crippen LogP contribution is -2.59. The number of nitrogens with zero attached hydrogens (tertiary/aromatic N) is 5. The number of nitrogens with two attached hydrogens (primary N) is 1. The number of nitrogen functional groups attached to an aromatic ring is 1. The minimum Gasteiger partial charge on any atom is -0.458 e. The lowest BCUT2D eigenvalue weighted by Gasteiger charge is -2.35. The van der Waals surface area contributed by atoms with Gasteiger partial charge in [-0.05, 0) is 88.7 Å². The van der Waals surface area contributed by atoms with Crippen molar-refractivity contribution in [1.82, 2.24) is 45.9 Å². The van der Waals surface area contributed by atoms with Gasteiger partial charge in [0.25, 0.3) is 11.8 Å². The van der Waals surface area contributed by atoms with Crippen molar-refractivity contribution in [3.05, 3.63) is 44.6 Å². The summed E-state index contributed by atoms with van der Waals surface area (Å²) in [6.07, 6.45) is -0.654. The van der Waals surface area contributed by atoms with Crippen LogP contribution in [-0.4, -0.2) is 185 Å². The van der Waals surface area contributed by atoms with Gasteiger partial charge in [0.1, 0.15) is 47.6 Å². The van der Waals surface area contributed by atoms with Crippen LogP contribution in [0.2, 0.25) is 0 Å². The smallest absolute Gasteiger partial charge is 0.329 e. The topological polar surface area (TPSA) is 353 Å². The number of hydrogen-bond donors (Lipinski definition) is 5. The first kappa shape index (κ1) is 69.2. The first-order valence-electron chi connectivity index (χ1n) is 31.0. The van der Waals surface area contributed by atoms with E-state index in [4.69, 9.17) is 24.6 Å². The fourth-order valence-corrected chi connectivity index (χ4v) is 13.2. The van der Waals surface area contributed by atoms with Gasteiger partial charge < -0.3 is 60.5 Å². The van der Waals surface area contributed by atoms with E-state index < -0.39 is 196 Å². The number of ether oxygens (including phenoxy) is 2. The van der Waals surface area contributed by atoms with Crippen LogP contribution >= 0.6 is 0 Å². The summed E-state index contributed by atoms with van der Waals surface area (Å²) in [6.45, 7) is 18.3. The molecule has 4 fully saturated rings. The number of fused-ring (bicyclic) bond motifs is 4. The number of esters is 2. The summed E-state index contributed by atoms with van der Waals surface area (Å²) in [5.74, 6) is -14.9. The van der Waals surface area contributed by atoms with Crippen LogP contribution in [-0.2, 0) is 57.4 Å². The zero-order valence-electron chi connectivity index (χ0n) is 54.4. The molecule has 12 unspecified atom stereocenters. The van der Waals surface area contributed by atoms with Gasteiger partial charge in [0.05, 0.1) is 42.0 Å². The number of ketones is 2. The van der Waals surface area contributed by atoms with Crippen molar-refractivity contribution in [2.24, 2.45) is 47.3 Å². The SMILES string of the molecule is Cc1c2oc3c(C)ccc(C(=O)NC4C(=O)NC(C(C)C)C(=O)C5CCCC5C(=O)N(C)CC(=O)N(C)C(C(C)C)C(=O)OC4C)c3nc-2c(C(=O)NC2C(=O)NC(C(C)C)C(=O)C3CCCC3C(=O)N(C)CC(=O)N(C)C(C(C)C)C(=O)OC2C)c(N)c1=O. The van der Waals surface area contributed by atoms with Crippen LogP contribution in [0.3, 0.4) is 0 Å². The number of likely N-dealkylation sites (N-methyl/N-ethyl adjacent to an activating group) is 4. The molecule has 490 valence electrons. The Morgan fingerprint density at radius 1 is 0.600 bits per heavy atom. The number of cyclic esters (lactones) is 2. The maximum Gasteiger partial charge on any atom is 0.329 e. The molecule has 3 heterocycles. The summed E-state index contributed by atoms with van der Waals surface area (Å²) in [4.78, 5) is 197. The highest BCUT2D eigenvalue weighted by Gasteiger charge is 2.48. The second-order valence-electron chi connectivity index (χ2n) is 26.3. The third-order valence-electron chi connectivity index (χ3n) is 18.4. The van der Waals surface area contributed by atoms with E-state index in [2.05, 4.69) is 21.3 Å². The average molecular weight is 1250 g/mol. The summed E-state index contributed by atoms with van der Waals surface area (Å²) >= 11 is 0. The van der Waals surface area contributed by atoms with Gasteiger partial charge in [0, 0.05) is 57.4 Å². The highest BCUT2D eigenvalue weighted by Crippen LogP contribution is 2.39. The van der Waals surface area contributed by atoms with Crippen molar-refractivity contribution in [1.29, 1.82) is 0 Å². The summed E-state index contributed by atoms with van der Waals surface area (Å²) < 4.78 is 18.3. The Labute approximate surface area is 523 Å². The molecular formula is C64H88N10O16. The number of carbonyl (C=O) groups is 12. The lowest BCUT2D eigenvalue weighted by atomic mass is 9.83. The third kappa shape index (κ3) is 13.9. The number of aromatic nitrogens is 1. The second-order valence-corrected chi connectivity index (χ2v) is 26.3. The summed E-state index contributed by atoms with van der Waals surface area (Å²) in [5, 5.41) is 10.8. The normalized spacial score (nSPS) is 27.8. The number of hydrogen-bond acceptors (Lipinski definition) is 18. The first-order chi connectivity index (χ1) is 42.1. The van der Waals surface area contributed by atoms with Crippen molar-refractivity contribution < 1.29 is 71.4 Å². The highest BCUT2D eigenvalue weighted by atomic mass is 16.6. The quantitative estimate of drug-likeness (QED) is 0.123. The summed E-state index contributed by atoms with van der Waals surface area (Å²) in [5.41, 5.74) is 3.67. The van der Waals surface area contributed by atoms with Crippen LogP contribution in [0.5, 0.6) is 0 Å². The zero-order chi connectivity index (χ0) is 67.0. The molecule has 26 heteroatoms. The number of nitrogens with one attached hydrogen (secondary N) is 4. The van der Waals surface area contributed by atoms with Crippen LogP contribution in [0.15, 0.2) is 21.3 Å². The van der Waals surface area contributed by atoms with E-state index in [9.17, 15) is 52.7 Å². The van der Waals surface area contributed by atoms with Gasteiger partial charge in [-0.3, -0.25) is 52.7 Å². The fourth-order valence-electron chi connectivity index (χ4n) is 13.2. The molecule has 2 saturated heterocycles. The Bertz CT molecular complexity index is 3410. The molecule has 0 radical (unpaired) electrons. The van der Waals surface area contributed by atoms with E-state index in [0.29, 0.717) is 44.1 Å². The standard InChI is InChI=1S/C64H88N10O16/c1-27(2)44-53(78)35-19-17-21-37(35)61(84)71(13)25-40(75)73(15)50(29(5)6)63(86)88-33(11)46(59(82)67-44)69-57(80)39-24-23-31(9)55-48(39)66-49-42(43(65)52(77)32(10)56(49)90-55)58(81)70-47-34(12)89-64(87)51(30(7)8)74(16)41(76)26-72(14)62(85)38-22-18-20-36(38)54(79)45(28(3)4)68-60(47)83/h23-24,27-30,33-38,44-47,50-51H,17-22,25-26,65H2,1-16H3,(H,67,82)(H,68,83)(H,69,80)(H,70,81). The Hall–Kier alpha value is -8.32. The molecule has 6 N–H and O–H groups in total. The minimum absolute atomic E-state index is 0.0668. The van der Waals surface area contributed by atoms with E-state index >= 15 is 9.59 Å². The maximum atomic E-state index is 15.2. The maximum absolute atomic E-state index is 15.2. The van der Waals surface area contributed by atoms with Gasteiger partial charge in [-0.25, -0.2) is 14.6 Å². The van der Waals surface area contributed by atoms with E-state index in [-0.39, 0.29) is 33.7 Å². The summed E-state index contributed by atoms with van der Waals surface area (Å²) in [7, 11) is 5.66. The number of amides is 8. The molecule has 0 bridgehead atoms. The fraction of sp³-hybridized carbons (Fsp3) is 0.625. The van der Waals surface area contributed by atoms with Gasteiger partial charge >= 0.3 is 11.9 Å². The van der Waals surface area contributed by atoms with Gasteiger partial charge in [-0.1, -0.05) is 74.3 Å². The zero-order valence-corrected chi connectivity index (χ0v) is 54.4. The van der Waals surface area contributed by atoms with E-state index in [1.807, 2.05) is 0 Å².